The largest absolute Gasteiger partial charge is 0.356 e. The van der Waals surface area contributed by atoms with Gasteiger partial charge in [-0.25, -0.2) is 0 Å². The Hall–Kier alpha value is 0.400. The van der Waals surface area contributed by atoms with E-state index < -0.39 is 0 Å². The molecule has 3 heteroatoms. The highest BCUT2D eigenvalue weighted by atomic mass is 79.9. The lowest BCUT2D eigenvalue weighted by molar-refractivity contribution is -0.105. The van der Waals surface area contributed by atoms with Crippen molar-refractivity contribution < 1.29 is 9.47 Å². The molecule has 0 radical (unpaired) electrons. The van der Waals surface area contributed by atoms with E-state index in [1.165, 1.54) is 0 Å². The Morgan fingerprint density at radius 3 is 1.89 bits per heavy atom. The van der Waals surface area contributed by atoms with Gasteiger partial charge in [-0.1, -0.05) is 22.9 Å². The van der Waals surface area contributed by atoms with Crippen molar-refractivity contribution in [3.8, 4) is 0 Å². The minimum atomic E-state index is -0.0700. The van der Waals surface area contributed by atoms with Crippen molar-refractivity contribution in [2.45, 2.75) is 24.5 Å². The average Bonchev–Trinajstić information content (AvgIpc) is 1.82. The molecule has 0 aliphatic rings. The first-order valence-electron chi connectivity index (χ1n) is 2.90. The predicted octanol–water partition coefficient (Wildman–Crippen LogP) is 1.78. The zero-order valence-electron chi connectivity index (χ0n) is 6.06. The molecule has 0 spiro atoms. The third kappa shape index (κ3) is 4.88. The van der Waals surface area contributed by atoms with Gasteiger partial charge in [-0.15, -0.1) is 0 Å². The maximum atomic E-state index is 4.96. The molecule has 0 heterocycles. The molecule has 0 aromatic carbocycles. The smallest absolute Gasteiger partial charge is 0.157 e. The third-order valence-electron chi connectivity index (χ3n) is 1.04. The molecule has 1 unspecified atom stereocenters. The van der Waals surface area contributed by atoms with Gasteiger partial charge in [0, 0.05) is 25.5 Å². The van der Waals surface area contributed by atoms with Gasteiger partial charge >= 0.3 is 0 Å². The minimum Gasteiger partial charge on any atom is -0.356 e. The Morgan fingerprint density at radius 1 is 1.33 bits per heavy atom. The van der Waals surface area contributed by atoms with E-state index in [0.717, 1.165) is 6.42 Å². The zero-order chi connectivity index (χ0) is 7.28. The Morgan fingerprint density at radius 2 is 1.78 bits per heavy atom. The monoisotopic (exact) mass is 196 g/mol. The van der Waals surface area contributed by atoms with E-state index >= 15 is 0 Å². The Labute approximate surface area is 64.7 Å². The third-order valence-corrected chi connectivity index (χ3v) is 1.42. The van der Waals surface area contributed by atoms with Crippen LogP contribution in [0.1, 0.15) is 13.3 Å². The normalized spacial score (nSPS) is 14.3. The highest BCUT2D eigenvalue weighted by Crippen LogP contribution is 2.09. The Kier molecular flexibility index (Phi) is 5.44. The molecule has 1 atom stereocenters. The zero-order valence-corrected chi connectivity index (χ0v) is 7.64. The van der Waals surface area contributed by atoms with E-state index in [2.05, 4.69) is 22.9 Å². The number of rotatable bonds is 4. The van der Waals surface area contributed by atoms with Gasteiger partial charge in [0.05, 0.1) is 0 Å². The highest BCUT2D eigenvalue weighted by Gasteiger charge is 2.07. The standard InChI is InChI=1S/C6H13BrO2/c1-5(7)4-6(8-2)9-3/h5-6H,4H2,1-3H3. The summed E-state index contributed by atoms with van der Waals surface area (Å²) in [4.78, 5) is 0.447. The molecule has 56 valence electrons. The van der Waals surface area contributed by atoms with Gasteiger partial charge in [-0.2, -0.15) is 0 Å². The number of alkyl halides is 1. The summed E-state index contributed by atoms with van der Waals surface area (Å²) in [5, 5.41) is 0. The Balaban J connectivity index is 3.31. The van der Waals surface area contributed by atoms with Crippen LogP contribution in [-0.4, -0.2) is 25.3 Å². The summed E-state index contributed by atoms with van der Waals surface area (Å²) in [6.07, 6.45) is 0.812. The average molecular weight is 197 g/mol. The first-order chi connectivity index (χ1) is 4.20. The van der Waals surface area contributed by atoms with Crippen LogP contribution in [0.3, 0.4) is 0 Å². The number of hydrogen-bond donors (Lipinski definition) is 0. The van der Waals surface area contributed by atoms with Crippen LogP contribution in [0.5, 0.6) is 0 Å². The highest BCUT2D eigenvalue weighted by molar-refractivity contribution is 9.09. The number of methoxy groups -OCH3 is 2. The summed E-state index contributed by atoms with van der Waals surface area (Å²) in [6, 6.07) is 0. The van der Waals surface area contributed by atoms with Crippen LogP contribution in [0.25, 0.3) is 0 Å². The van der Waals surface area contributed by atoms with Crippen LogP contribution in [-0.2, 0) is 9.47 Å². The molecule has 0 saturated carbocycles. The van der Waals surface area contributed by atoms with Crippen LogP contribution < -0.4 is 0 Å². The lowest BCUT2D eigenvalue weighted by atomic mass is 10.3. The number of halogens is 1. The molecule has 0 amide bonds. The molecule has 0 aliphatic carbocycles. The van der Waals surface area contributed by atoms with Gasteiger partial charge in [-0.3, -0.25) is 0 Å². The second kappa shape index (κ2) is 5.21. The van der Waals surface area contributed by atoms with Crippen LogP contribution in [0, 0.1) is 0 Å². The van der Waals surface area contributed by atoms with Gasteiger partial charge in [-0.05, 0) is 0 Å². The molecule has 0 aromatic rings. The molecule has 0 aromatic heterocycles. The summed E-state index contributed by atoms with van der Waals surface area (Å²) in [7, 11) is 3.28. The van der Waals surface area contributed by atoms with E-state index in [9.17, 15) is 0 Å². The minimum absolute atomic E-state index is 0.0700. The summed E-state index contributed by atoms with van der Waals surface area (Å²) in [5.41, 5.74) is 0. The molecule has 0 fully saturated rings. The van der Waals surface area contributed by atoms with Crippen LogP contribution >= 0.6 is 15.9 Å². The predicted molar refractivity (Wildman–Crippen MR) is 40.8 cm³/mol. The van der Waals surface area contributed by atoms with Crippen molar-refractivity contribution in [2.75, 3.05) is 14.2 Å². The maximum absolute atomic E-state index is 4.96. The molecule has 2 nitrogen and oxygen atoms in total. The first kappa shape index (κ1) is 9.40. The van der Waals surface area contributed by atoms with E-state index in [1.54, 1.807) is 14.2 Å². The molecule has 0 N–H and O–H groups in total. The molecule has 9 heavy (non-hydrogen) atoms. The number of hydrogen-bond acceptors (Lipinski definition) is 2. The SMILES string of the molecule is COC(CC(C)Br)OC. The van der Waals surface area contributed by atoms with Gasteiger partial charge in [0.2, 0.25) is 0 Å². The molecule has 0 rings (SSSR count). The van der Waals surface area contributed by atoms with E-state index in [-0.39, 0.29) is 6.29 Å². The molecule has 0 saturated heterocycles. The number of ether oxygens (including phenoxy) is 2. The van der Waals surface area contributed by atoms with Crippen molar-refractivity contribution in [2.24, 2.45) is 0 Å². The van der Waals surface area contributed by atoms with E-state index in [4.69, 9.17) is 9.47 Å². The van der Waals surface area contributed by atoms with E-state index in [1.807, 2.05) is 0 Å². The lowest BCUT2D eigenvalue weighted by Crippen LogP contribution is -2.16. The second-order valence-electron chi connectivity index (χ2n) is 1.92. The van der Waals surface area contributed by atoms with Crippen molar-refractivity contribution in [1.82, 2.24) is 0 Å². The lowest BCUT2D eigenvalue weighted by Gasteiger charge is -2.13. The van der Waals surface area contributed by atoms with Crippen LogP contribution in [0.4, 0.5) is 0 Å². The molecular formula is C6H13BrO2. The topological polar surface area (TPSA) is 18.5 Å². The molecular weight excluding hydrogens is 184 g/mol. The van der Waals surface area contributed by atoms with Gasteiger partial charge in [0.1, 0.15) is 0 Å². The van der Waals surface area contributed by atoms with Crippen molar-refractivity contribution in [3.05, 3.63) is 0 Å². The van der Waals surface area contributed by atoms with Crippen LogP contribution in [0.15, 0.2) is 0 Å². The van der Waals surface area contributed by atoms with E-state index in [0.29, 0.717) is 4.83 Å². The molecule has 0 aliphatic heterocycles. The second-order valence-corrected chi connectivity index (χ2v) is 3.48. The van der Waals surface area contributed by atoms with Crippen molar-refractivity contribution in [3.63, 3.8) is 0 Å². The van der Waals surface area contributed by atoms with Gasteiger partial charge < -0.3 is 9.47 Å². The van der Waals surface area contributed by atoms with Crippen LogP contribution in [0.2, 0.25) is 0 Å². The Bertz CT molecular complexity index is 62.1. The maximum Gasteiger partial charge on any atom is 0.157 e. The van der Waals surface area contributed by atoms with Gasteiger partial charge in [0.25, 0.3) is 0 Å². The fourth-order valence-corrected chi connectivity index (χ4v) is 0.859. The van der Waals surface area contributed by atoms with Crippen molar-refractivity contribution in [1.29, 1.82) is 0 Å². The fourth-order valence-electron chi connectivity index (χ4n) is 0.554. The summed E-state index contributed by atoms with van der Waals surface area (Å²) < 4.78 is 9.92. The summed E-state index contributed by atoms with van der Waals surface area (Å²) in [5.74, 6) is 0. The van der Waals surface area contributed by atoms with Crippen molar-refractivity contribution >= 4 is 15.9 Å². The fraction of sp³-hybridized carbons (Fsp3) is 1.00. The molecule has 0 bridgehead atoms. The van der Waals surface area contributed by atoms with Gasteiger partial charge in [0.15, 0.2) is 6.29 Å². The first-order valence-corrected chi connectivity index (χ1v) is 3.82. The summed E-state index contributed by atoms with van der Waals surface area (Å²) >= 11 is 3.40. The quantitative estimate of drug-likeness (QED) is 0.505. The summed E-state index contributed by atoms with van der Waals surface area (Å²) in [6.45, 7) is 2.06.